The van der Waals surface area contributed by atoms with Gasteiger partial charge in [0.1, 0.15) is 5.69 Å². The van der Waals surface area contributed by atoms with Crippen LogP contribution < -0.4 is 0 Å². The van der Waals surface area contributed by atoms with Crippen molar-refractivity contribution in [3.8, 4) is 11.5 Å². The Morgan fingerprint density at radius 1 is 1.69 bits per heavy atom. The number of nitrogens with one attached hydrogen (secondary N) is 1. The van der Waals surface area contributed by atoms with Crippen molar-refractivity contribution in [3.63, 3.8) is 0 Å². The first kappa shape index (κ1) is 9.04. The Balaban J connectivity index is 2.59. The summed E-state index contributed by atoms with van der Waals surface area (Å²) in [5, 5.41) is 4.91. The van der Waals surface area contributed by atoms with Crippen LogP contribution in [0.5, 0.6) is 0 Å². The predicted molar refractivity (Wildman–Crippen MR) is 57.2 cm³/mol. The van der Waals surface area contributed by atoms with Gasteiger partial charge in [-0.2, -0.15) is 9.36 Å². The minimum absolute atomic E-state index is 0.523. The number of aromatic nitrogens is 4. The first-order chi connectivity index (χ1) is 6.18. The van der Waals surface area contributed by atoms with E-state index < -0.39 is 0 Å². The van der Waals surface area contributed by atoms with Gasteiger partial charge in [0.05, 0.1) is 4.47 Å². The summed E-state index contributed by atoms with van der Waals surface area (Å²) in [5.41, 5.74) is 0.803. The van der Waals surface area contributed by atoms with E-state index in [-0.39, 0.29) is 0 Å². The molecule has 0 unspecified atom stereocenters. The average Bonchev–Trinajstić information content (AvgIpc) is 2.60. The number of rotatable bonds is 1. The van der Waals surface area contributed by atoms with E-state index in [1.54, 1.807) is 4.68 Å². The lowest BCUT2D eigenvalue weighted by Gasteiger charge is -1.89. The van der Waals surface area contributed by atoms with Crippen LogP contribution in [0.3, 0.4) is 0 Å². The van der Waals surface area contributed by atoms with Crippen LogP contribution in [0.1, 0.15) is 0 Å². The first-order valence-corrected chi connectivity index (χ1v) is 5.45. The molecule has 0 fully saturated rings. The molecule has 2 heterocycles. The summed E-state index contributed by atoms with van der Waals surface area (Å²) in [6, 6.07) is 0. The van der Waals surface area contributed by atoms with Crippen LogP contribution in [0.25, 0.3) is 11.5 Å². The summed E-state index contributed by atoms with van der Waals surface area (Å²) in [6.07, 6.45) is 0. The van der Waals surface area contributed by atoms with Gasteiger partial charge in [0.2, 0.25) is 4.77 Å². The van der Waals surface area contributed by atoms with Crippen molar-refractivity contribution in [1.29, 1.82) is 0 Å². The molecule has 0 aromatic carbocycles. The number of aromatic amines is 1. The van der Waals surface area contributed by atoms with Crippen LogP contribution in [0.15, 0.2) is 9.85 Å². The molecule has 1 N–H and O–H groups in total. The Hall–Kier alpha value is -0.530. The highest BCUT2D eigenvalue weighted by Crippen LogP contribution is 2.25. The van der Waals surface area contributed by atoms with Crippen molar-refractivity contribution >= 4 is 39.7 Å². The fraction of sp³-hybridized carbons (Fsp3) is 0.167. The number of hydrogen-bond acceptors (Lipinski definition) is 4. The van der Waals surface area contributed by atoms with Gasteiger partial charge < -0.3 is 0 Å². The van der Waals surface area contributed by atoms with E-state index in [2.05, 4.69) is 30.4 Å². The molecule has 2 aromatic rings. The van der Waals surface area contributed by atoms with Gasteiger partial charge in [0.25, 0.3) is 0 Å². The highest BCUT2D eigenvalue weighted by atomic mass is 79.9. The molecule has 0 aliphatic heterocycles. The van der Waals surface area contributed by atoms with Crippen molar-refractivity contribution < 1.29 is 0 Å². The highest BCUT2D eigenvalue weighted by molar-refractivity contribution is 9.10. The van der Waals surface area contributed by atoms with Gasteiger partial charge in [-0.3, -0.25) is 9.78 Å². The van der Waals surface area contributed by atoms with Crippen molar-refractivity contribution in [1.82, 2.24) is 19.1 Å². The maximum atomic E-state index is 4.97. The predicted octanol–water partition coefficient (Wildman–Crippen LogP) is 2.36. The normalized spacial score (nSPS) is 10.6. The number of halogens is 1. The van der Waals surface area contributed by atoms with Crippen LogP contribution >= 0.6 is 39.7 Å². The molecule has 0 radical (unpaired) electrons. The van der Waals surface area contributed by atoms with E-state index in [0.29, 0.717) is 10.6 Å². The minimum atomic E-state index is 0.523. The van der Waals surface area contributed by atoms with Gasteiger partial charge in [0, 0.05) is 12.4 Å². The molecule has 0 spiro atoms. The van der Waals surface area contributed by atoms with Crippen molar-refractivity contribution in [2.45, 2.75) is 0 Å². The summed E-state index contributed by atoms with van der Waals surface area (Å²) in [7, 11) is 1.82. The van der Waals surface area contributed by atoms with Crippen molar-refractivity contribution in [2.75, 3.05) is 0 Å². The molecule has 0 aliphatic carbocycles. The fourth-order valence-corrected chi connectivity index (χ4v) is 2.22. The third-order valence-corrected chi connectivity index (χ3v) is 3.42. The molecule has 68 valence electrons. The molecule has 7 heteroatoms. The number of aryl methyl sites for hydroxylation is 1. The summed E-state index contributed by atoms with van der Waals surface area (Å²) in [5.74, 6) is 0.695. The molecular formula is C6H5BrN4S2. The smallest absolute Gasteiger partial charge is 0.216 e. The standard InChI is InChI=1S/C6H5BrN4S2/c1-11-6(12)8-5(9-11)4-3(7)2-13-10-4/h2H,1H3,(H,8,9,12). The molecule has 0 atom stereocenters. The van der Waals surface area contributed by atoms with Crippen LogP contribution in [0.4, 0.5) is 0 Å². The van der Waals surface area contributed by atoms with E-state index in [9.17, 15) is 0 Å². The quantitative estimate of drug-likeness (QED) is 0.814. The Morgan fingerprint density at radius 2 is 2.46 bits per heavy atom. The minimum Gasteiger partial charge on any atom is -0.278 e. The average molecular weight is 277 g/mol. The molecule has 2 rings (SSSR count). The highest BCUT2D eigenvalue weighted by Gasteiger charge is 2.09. The summed E-state index contributed by atoms with van der Waals surface area (Å²) < 4.78 is 7.31. The van der Waals surface area contributed by atoms with Crippen molar-refractivity contribution in [3.05, 3.63) is 14.6 Å². The number of nitrogens with zero attached hydrogens (tertiary/aromatic N) is 3. The zero-order chi connectivity index (χ0) is 9.42. The molecule has 0 saturated carbocycles. The third-order valence-electron chi connectivity index (χ3n) is 1.52. The SMILES string of the molecule is Cn1[nH]c(-c2nscc2Br)nc1=S. The van der Waals surface area contributed by atoms with E-state index >= 15 is 0 Å². The largest absolute Gasteiger partial charge is 0.278 e. The second kappa shape index (κ2) is 3.32. The lowest BCUT2D eigenvalue weighted by atomic mass is 10.4. The molecule has 0 aliphatic rings. The molecule has 4 nitrogen and oxygen atoms in total. The summed E-state index contributed by atoms with van der Waals surface area (Å²) in [6.45, 7) is 0. The van der Waals surface area contributed by atoms with E-state index in [4.69, 9.17) is 12.2 Å². The summed E-state index contributed by atoms with van der Waals surface area (Å²) in [4.78, 5) is 4.15. The molecule has 2 aromatic heterocycles. The third kappa shape index (κ3) is 1.59. The maximum absolute atomic E-state index is 4.97. The Bertz CT molecular complexity index is 483. The van der Waals surface area contributed by atoms with E-state index in [0.717, 1.165) is 10.2 Å². The first-order valence-electron chi connectivity index (χ1n) is 3.42. The second-order valence-corrected chi connectivity index (χ2v) is 4.27. The van der Waals surface area contributed by atoms with Gasteiger partial charge in [0.15, 0.2) is 5.82 Å². The Kier molecular flexibility index (Phi) is 2.31. The lowest BCUT2D eigenvalue weighted by molar-refractivity contribution is 0.755. The zero-order valence-corrected chi connectivity index (χ0v) is 9.83. The molecule has 13 heavy (non-hydrogen) atoms. The molecule has 0 bridgehead atoms. The monoisotopic (exact) mass is 276 g/mol. The lowest BCUT2D eigenvalue weighted by Crippen LogP contribution is -1.89. The van der Waals surface area contributed by atoms with Gasteiger partial charge >= 0.3 is 0 Å². The fourth-order valence-electron chi connectivity index (χ4n) is 0.889. The zero-order valence-electron chi connectivity index (χ0n) is 6.61. The Morgan fingerprint density at radius 3 is 2.92 bits per heavy atom. The van der Waals surface area contributed by atoms with Gasteiger partial charge in [-0.15, -0.1) is 0 Å². The van der Waals surface area contributed by atoms with Gasteiger partial charge in [-0.1, -0.05) is 0 Å². The molecule has 0 saturated heterocycles. The Labute approximate surface area is 91.9 Å². The van der Waals surface area contributed by atoms with Crippen molar-refractivity contribution in [2.24, 2.45) is 7.05 Å². The maximum Gasteiger partial charge on any atom is 0.216 e. The van der Waals surface area contributed by atoms with Gasteiger partial charge in [-0.05, 0) is 39.7 Å². The van der Waals surface area contributed by atoms with Crippen LogP contribution in [0, 0.1) is 4.77 Å². The molecule has 0 amide bonds. The van der Waals surface area contributed by atoms with E-state index in [1.807, 2.05) is 12.4 Å². The second-order valence-electron chi connectivity index (χ2n) is 2.42. The molecular weight excluding hydrogens is 272 g/mol. The van der Waals surface area contributed by atoms with Gasteiger partial charge in [-0.25, -0.2) is 0 Å². The summed E-state index contributed by atoms with van der Waals surface area (Å²) >= 11 is 9.73. The number of hydrogen-bond donors (Lipinski definition) is 1. The topological polar surface area (TPSA) is 46.5 Å². The van der Waals surface area contributed by atoms with E-state index in [1.165, 1.54) is 11.5 Å². The van der Waals surface area contributed by atoms with Crippen LogP contribution in [-0.4, -0.2) is 19.1 Å². The van der Waals surface area contributed by atoms with Crippen LogP contribution in [-0.2, 0) is 7.05 Å². The van der Waals surface area contributed by atoms with Crippen LogP contribution in [0.2, 0.25) is 0 Å². The number of H-pyrrole nitrogens is 1.